The second-order valence-corrected chi connectivity index (χ2v) is 4.05. The van der Waals surface area contributed by atoms with E-state index in [9.17, 15) is 13.2 Å². The lowest BCUT2D eigenvalue weighted by Crippen LogP contribution is -2.15. The number of rotatable bonds is 6. The summed E-state index contributed by atoms with van der Waals surface area (Å²) in [6, 6.07) is 0.850. The first-order chi connectivity index (χ1) is 8.82. The number of nitrogens with zero attached hydrogens (tertiary/aromatic N) is 2. The molecule has 1 rings (SSSR count). The predicted molar refractivity (Wildman–Crippen MR) is 66.0 cm³/mol. The van der Waals surface area contributed by atoms with Gasteiger partial charge in [-0.25, -0.2) is 4.98 Å². The molecule has 3 N–H and O–H groups in total. The number of aromatic nitrogens is 2. The van der Waals surface area contributed by atoms with Gasteiger partial charge in [0.15, 0.2) is 5.69 Å². The van der Waals surface area contributed by atoms with Gasteiger partial charge < -0.3 is 15.7 Å². The number of halogens is 3. The highest BCUT2D eigenvalue weighted by atomic mass is 19.4. The van der Waals surface area contributed by atoms with E-state index in [1.807, 2.05) is 0 Å². The highest BCUT2D eigenvalue weighted by Crippen LogP contribution is 2.29. The zero-order valence-corrected chi connectivity index (χ0v) is 10.8. The minimum Gasteiger partial charge on any atom is -0.393 e. The molecule has 0 bridgehead atoms. The van der Waals surface area contributed by atoms with Crippen LogP contribution in [0.2, 0.25) is 0 Å². The lowest BCUT2D eigenvalue weighted by Gasteiger charge is -2.12. The topological polar surface area (TPSA) is 70.1 Å². The van der Waals surface area contributed by atoms with Crippen molar-refractivity contribution in [3.63, 3.8) is 0 Å². The summed E-state index contributed by atoms with van der Waals surface area (Å²) in [6.45, 7) is 4.10. The minimum absolute atomic E-state index is 0.0723. The van der Waals surface area contributed by atoms with Crippen molar-refractivity contribution in [1.82, 2.24) is 9.97 Å². The molecule has 0 saturated carbocycles. The van der Waals surface area contributed by atoms with Gasteiger partial charge in [0, 0.05) is 19.2 Å². The van der Waals surface area contributed by atoms with Gasteiger partial charge in [0.25, 0.3) is 0 Å². The summed E-state index contributed by atoms with van der Waals surface area (Å²) in [5.41, 5.74) is -1.00. The van der Waals surface area contributed by atoms with E-state index in [0.29, 0.717) is 19.5 Å². The Morgan fingerprint density at radius 2 is 2.00 bits per heavy atom. The Bertz CT molecular complexity index is 409. The quantitative estimate of drug-likeness (QED) is 0.743. The Labute approximate surface area is 109 Å². The first-order valence-corrected chi connectivity index (χ1v) is 5.95. The van der Waals surface area contributed by atoms with Gasteiger partial charge >= 0.3 is 6.18 Å². The zero-order chi connectivity index (χ0) is 14.5. The van der Waals surface area contributed by atoms with E-state index in [2.05, 4.69) is 20.6 Å². The van der Waals surface area contributed by atoms with Crippen molar-refractivity contribution in [3.8, 4) is 0 Å². The second-order valence-electron chi connectivity index (χ2n) is 4.05. The maximum Gasteiger partial charge on any atom is 0.433 e. The van der Waals surface area contributed by atoms with Crippen LogP contribution < -0.4 is 10.6 Å². The Kier molecular flexibility index (Phi) is 5.34. The Balaban J connectivity index is 2.87. The van der Waals surface area contributed by atoms with Gasteiger partial charge in [-0.1, -0.05) is 0 Å². The van der Waals surface area contributed by atoms with Crippen LogP contribution in [-0.2, 0) is 6.18 Å². The predicted octanol–water partition coefficient (Wildman–Crippen LogP) is 2.11. The van der Waals surface area contributed by atoms with E-state index in [0.717, 1.165) is 6.07 Å². The number of hydrogen-bond donors (Lipinski definition) is 3. The molecule has 19 heavy (non-hydrogen) atoms. The molecule has 8 heteroatoms. The van der Waals surface area contributed by atoms with Crippen LogP contribution in [0.3, 0.4) is 0 Å². The third-order valence-electron chi connectivity index (χ3n) is 2.22. The van der Waals surface area contributed by atoms with Gasteiger partial charge in [-0.05, 0) is 20.3 Å². The zero-order valence-electron chi connectivity index (χ0n) is 10.8. The van der Waals surface area contributed by atoms with Crippen LogP contribution >= 0.6 is 0 Å². The van der Waals surface area contributed by atoms with Crippen molar-refractivity contribution in [3.05, 3.63) is 11.8 Å². The van der Waals surface area contributed by atoms with Crippen molar-refractivity contribution in [2.75, 3.05) is 23.7 Å². The minimum atomic E-state index is -4.52. The molecular weight excluding hydrogens is 261 g/mol. The molecule has 0 aliphatic rings. The van der Waals surface area contributed by atoms with Gasteiger partial charge in [0.2, 0.25) is 5.95 Å². The summed E-state index contributed by atoms with van der Waals surface area (Å²) in [7, 11) is 0. The van der Waals surface area contributed by atoms with Gasteiger partial charge in [-0.2, -0.15) is 18.2 Å². The van der Waals surface area contributed by atoms with E-state index in [-0.39, 0.29) is 11.8 Å². The molecule has 0 amide bonds. The lowest BCUT2D eigenvalue weighted by molar-refractivity contribution is -0.141. The summed E-state index contributed by atoms with van der Waals surface area (Å²) in [5, 5.41) is 14.5. The fourth-order valence-corrected chi connectivity index (χ4v) is 1.33. The first kappa shape index (κ1) is 15.5. The van der Waals surface area contributed by atoms with E-state index >= 15 is 0 Å². The lowest BCUT2D eigenvalue weighted by atomic mass is 10.3. The van der Waals surface area contributed by atoms with Gasteiger partial charge in [-0.3, -0.25) is 0 Å². The average molecular weight is 278 g/mol. The number of anilines is 2. The molecule has 1 aromatic heterocycles. The Morgan fingerprint density at radius 1 is 1.32 bits per heavy atom. The largest absolute Gasteiger partial charge is 0.433 e. The monoisotopic (exact) mass is 278 g/mol. The molecule has 5 nitrogen and oxygen atoms in total. The highest BCUT2D eigenvalue weighted by Gasteiger charge is 2.33. The Morgan fingerprint density at radius 3 is 2.53 bits per heavy atom. The molecule has 0 aromatic carbocycles. The van der Waals surface area contributed by atoms with E-state index in [1.165, 1.54) is 0 Å². The summed E-state index contributed by atoms with van der Waals surface area (Å²) >= 11 is 0. The summed E-state index contributed by atoms with van der Waals surface area (Å²) in [5.74, 6) is 0.01000. The number of aliphatic hydroxyl groups excluding tert-OH is 1. The van der Waals surface area contributed by atoms with Crippen LogP contribution in [0.15, 0.2) is 6.07 Å². The molecule has 0 saturated heterocycles. The molecule has 0 aliphatic heterocycles. The van der Waals surface area contributed by atoms with E-state index in [4.69, 9.17) is 5.11 Å². The molecule has 0 radical (unpaired) electrons. The molecule has 1 aromatic rings. The Hall–Kier alpha value is -1.57. The van der Waals surface area contributed by atoms with Gasteiger partial charge in [0.05, 0.1) is 6.10 Å². The maximum atomic E-state index is 12.7. The molecule has 108 valence electrons. The fraction of sp³-hybridized carbons (Fsp3) is 0.636. The van der Waals surface area contributed by atoms with Crippen molar-refractivity contribution in [2.24, 2.45) is 0 Å². The third kappa shape index (κ3) is 5.29. The van der Waals surface area contributed by atoms with Crippen molar-refractivity contribution in [1.29, 1.82) is 0 Å². The summed E-state index contributed by atoms with van der Waals surface area (Å²) < 4.78 is 38.0. The van der Waals surface area contributed by atoms with Crippen LogP contribution in [0.1, 0.15) is 26.0 Å². The van der Waals surface area contributed by atoms with Gasteiger partial charge in [-0.15, -0.1) is 0 Å². The standard InChI is InChI=1S/C11H17F3N4O/c1-3-15-10-17-8(11(12,13)14)6-9(18-10)16-5-4-7(2)19/h6-7,19H,3-5H2,1-2H3,(H2,15,16,17,18). The molecule has 1 unspecified atom stereocenters. The fourth-order valence-electron chi connectivity index (χ4n) is 1.33. The van der Waals surface area contributed by atoms with Crippen molar-refractivity contribution in [2.45, 2.75) is 32.5 Å². The SMILES string of the molecule is CCNc1nc(NCCC(C)O)cc(C(F)(F)F)n1. The second kappa shape index (κ2) is 6.55. The number of hydrogen-bond acceptors (Lipinski definition) is 5. The van der Waals surface area contributed by atoms with Crippen LogP contribution in [-0.4, -0.2) is 34.3 Å². The molecule has 1 atom stereocenters. The number of nitrogens with one attached hydrogen (secondary N) is 2. The highest BCUT2D eigenvalue weighted by molar-refractivity contribution is 5.43. The smallest absolute Gasteiger partial charge is 0.393 e. The summed E-state index contributed by atoms with van der Waals surface area (Å²) in [4.78, 5) is 7.32. The maximum absolute atomic E-state index is 12.7. The molecule has 0 aliphatic carbocycles. The van der Waals surface area contributed by atoms with E-state index in [1.54, 1.807) is 13.8 Å². The first-order valence-electron chi connectivity index (χ1n) is 5.95. The summed E-state index contributed by atoms with van der Waals surface area (Å²) in [6.07, 6.45) is -4.62. The number of alkyl halides is 3. The van der Waals surface area contributed by atoms with Crippen molar-refractivity contribution < 1.29 is 18.3 Å². The molecule has 1 heterocycles. The number of aliphatic hydroxyl groups is 1. The van der Waals surface area contributed by atoms with Crippen LogP contribution in [0.25, 0.3) is 0 Å². The third-order valence-corrected chi connectivity index (χ3v) is 2.22. The molecular formula is C11H17F3N4O. The van der Waals surface area contributed by atoms with Crippen LogP contribution in [0.5, 0.6) is 0 Å². The van der Waals surface area contributed by atoms with Gasteiger partial charge in [0.1, 0.15) is 5.82 Å². The van der Waals surface area contributed by atoms with Crippen LogP contribution in [0, 0.1) is 0 Å². The van der Waals surface area contributed by atoms with Crippen molar-refractivity contribution >= 4 is 11.8 Å². The average Bonchev–Trinajstić information content (AvgIpc) is 2.27. The normalized spacial score (nSPS) is 13.2. The molecule has 0 spiro atoms. The molecule has 0 fully saturated rings. The van der Waals surface area contributed by atoms with Crippen LogP contribution in [0.4, 0.5) is 24.9 Å². The van der Waals surface area contributed by atoms with E-state index < -0.39 is 18.0 Å².